The number of nitrogen functional groups attached to an aromatic ring is 1. The Morgan fingerprint density at radius 2 is 2.06 bits per heavy atom. The quantitative estimate of drug-likeness (QED) is 0.776. The third kappa shape index (κ3) is 2.96. The molecule has 0 spiro atoms. The van der Waals surface area contributed by atoms with Crippen molar-refractivity contribution in [3.63, 3.8) is 0 Å². The number of anilines is 2. The number of methoxy groups -OCH3 is 2. The Morgan fingerprint density at radius 1 is 1.38 bits per heavy atom. The Labute approximate surface area is 95.2 Å². The van der Waals surface area contributed by atoms with Gasteiger partial charge in [-0.3, -0.25) is 0 Å². The van der Waals surface area contributed by atoms with Gasteiger partial charge >= 0.3 is 0 Å². The van der Waals surface area contributed by atoms with E-state index in [9.17, 15) is 0 Å². The summed E-state index contributed by atoms with van der Waals surface area (Å²) in [5.74, 6) is 1.33. The molecule has 0 atom stereocenters. The molecule has 0 fully saturated rings. The zero-order chi connectivity index (χ0) is 12.2. The van der Waals surface area contributed by atoms with Gasteiger partial charge in [-0.25, -0.2) is 9.97 Å². The summed E-state index contributed by atoms with van der Waals surface area (Å²) in [5.41, 5.74) is 5.42. The fourth-order valence-corrected chi connectivity index (χ4v) is 1.40. The maximum atomic E-state index is 5.68. The van der Waals surface area contributed by atoms with E-state index in [0.717, 1.165) is 0 Å². The van der Waals surface area contributed by atoms with Gasteiger partial charge < -0.3 is 20.5 Å². The summed E-state index contributed by atoms with van der Waals surface area (Å²) in [6.07, 6.45) is 1.39. The van der Waals surface area contributed by atoms with E-state index in [1.54, 1.807) is 7.11 Å². The molecule has 1 aromatic rings. The van der Waals surface area contributed by atoms with Gasteiger partial charge in [0.1, 0.15) is 6.33 Å². The van der Waals surface area contributed by atoms with Crippen LogP contribution >= 0.6 is 0 Å². The average molecular weight is 226 g/mol. The van der Waals surface area contributed by atoms with Gasteiger partial charge in [-0.1, -0.05) is 0 Å². The Morgan fingerprint density at radius 3 is 2.62 bits per heavy atom. The first-order valence-corrected chi connectivity index (χ1v) is 4.92. The summed E-state index contributed by atoms with van der Waals surface area (Å²) >= 11 is 0. The van der Waals surface area contributed by atoms with Crippen molar-refractivity contribution in [3.05, 3.63) is 6.33 Å². The fourth-order valence-electron chi connectivity index (χ4n) is 1.40. The smallest absolute Gasteiger partial charge is 0.203 e. The number of nitrogens with one attached hydrogen (secondary N) is 1. The second-order valence-corrected chi connectivity index (χ2v) is 4.08. The highest BCUT2D eigenvalue weighted by molar-refractivity contribution is 5.62. The highest BCUT2D eigenvalue weighted by atomic mass is 16.5. The molecule has 0 aliphatic heterocycles. The molecule has 0 aliphatic carbocycles. The summed E-state index contributed by atoms with van der Waals surface area (Å²) in [7, 11) is 3.18. The van der Waals surface area contributed by atoms with Crippen LogP contribution in [0.4, 0.5) is 11.6 Å². The SMILES string of the molecule is COCC(C)(C)Nc1ncnc(N)c1OC. The average Bonchev–Trinajstić information content (AvgIpc) is 2.17. The molecular weight excluding hydrogens is 208 g/mol. The summed E-state index contributed by atoms with van der Waals surface area (Å²) in [6.45, 7) is 4.53. The molecule has 0 aromatic carbocycles. The Hall–Kier alpha value is -1.56. The number of nitrogens with zero attached hydrogens (tertiary/aromatic N) is 2. The second kappa shape index (κ2) is 4.98. The van der Waals surface area contributed by atoms with Crippen molar-refractivity contribution < 1.29 is 9.47 Å². The van der Waals surface area contributed by atoms with E-state index in [1.807, 2.05) is 13.8 Å². The highest BCUT2D eigenvalue weighted by Crippen LogP contribution is 2.28. The van der Waals surface area contributed by atoms with E-state index in [2.05, 4.69) is 15.3 Å². The van der Waals surface area contributed by atoms with Gasteiger partial charge in [0.05, 0.1) is 19.3 Å². The summed E-state index contributed by atoms with van der Waals surface area (Å²) in [4.78, 5) is 7.95. The molecule has 0 saturated carbocycles. The fraction of sp³-hybridized carbons (Fsp3) is 0.600. The number of hydrogen-bond acceptors (Lipinski definition) is 6. The molecule has 16 heavy (non-hydrogen) atoms. The van der Waals surface area contributed by atoms with Crippen molar-refractivity contribution >= 4 is 11.6 Å². The van der Waals surface area contributed by atoms with Crippen LogP contribution in [-0.2, 0) is 4.74 Å². The predicted octanol–water partition coefficient (Wildman–Crippen LogP) is 0.904. The molecule has 0 aliphatic rings. The lowest BCUT2D eigenvalue weighted by Crippen LogP contribution is -2.36. The number of rotatable bonds is 5. The van der Waals surface area contributed by atoms with E-state index in [1.165, 1.54) is 13.4 Å². The summed E-state index contributed by atoms with van der Waals surface area (Å²) < 4.78 is 10.3. The molecule has 6 heteroatoms. The molecule has 90 valence electrons. The highest BCUT2D eigenvalue weighted by Gasteiger charge is 2.21. The first kappa shape index (κ1) is 12.5. The first-order chi connectivity index (χ1) is 7.50. The van der Waals surface area contributed by atoms with Crippen LogP contribution in [0.5, 0.6) is 5.75 Å². The molecule has 0 bridgehead atoms. The molecule has 6 nitrogen and oxygen atoms in total. The van der Waals surface area contributed by atoms with Crippen LogP contribution in [0.15, 0.2) is 6.33 Å². The lowest BCUT2D eigenvalue weighted by atomic mass is 10.1. The van der Waals surface area contributed by atoms with Gasteiger partial charge in [-0.05, 0) is 13.8 Å². The first-order valence-electron chi connectivity index (χ1n) is 4.92. The van der Waals surface area contributed by atoms with Crippen LogP contribution in [0.2, 0.25) is 0 Å². The molecule has 1 rings (SSSR count). The lowest BCUT2D eigenvalue weighted by molar-refractivity contribution is 0.158. The molecule has 0 amide bonds. The van der Waals surface area contributed by atoms with Crippen molar-refractivity contribution in [2.45, 2.75) is 19.4 Å². The minimum absolute atomic E-state index is 0.261. The zero-order valence-corrected chi connectivity index (χ0v) is 10.1. The Bertz CT molecular complexity index is 355. The second-order valence-electron chi connectivity index (χ2n) is 4.08. The van der Waals surface area contributed by atoms with Crippen molar-refractivity contribution in [1.29, 1.82) is 0 Å². The maximum Gasteiger partial charge on any atom is 0.203 e. The third-order valence-corrected chi connectivity index (χ3v) is 2.00. The number of hydrogen-bond donors (Lipinski definition) is 2. The predicted molar refractivity (Wildman–Crippen MR) is 62.6 cm³/mol. The molecule has 0 saturated heterocycles. The van der Waals surface area contributed by atoms with Gasteiger partial charge in [-0.15, -0.1) is 0 Å². The number of nitrogens with two attached hydrogens (primary N) is 1. The van der Waals surface area contributed by atoms with Crippen LogP contribution in [0.25, 0.3) is 0 Å². The minimum atomic E-state index is -0.261. The largest absolute Gasteiger partial charge is 0.490 e. The molecular formula is C10H18N4O2. The monoisotopic (exact) mass is 226 g/mol. The molecule has 0 radical (unpaired) electrons. The van der Waals surface area contributed by atoms with Crippen molar-refractivity contribution in [2.75, 3.05) is 31.9 Å². The number of aromatic nitrogens is 2. The van der Waals surface area contributed by atoms with Crippen molar-refractivity contribution in [2.24, 2.45) is 0 Å². The van der Waals surface area contributed by atoms with Crippen LogP contribution < -0.4 is 15.8 Å². The normalized spacial score (nSPS) is 11.2. The van der Waals surface area contributed by atoms with E-state index < -0.39 is 0 Å². The molecule has 1 heterocycles. The van der Waals surface area contributed by atoms with E-state index in [0.29, 0.717) is 24.0 Å². The third-order valence-electron chi connectivity index (χ3n) is 2.00. The van der Waals surface area contributed by atoms with E-state index >= 15 is 0 Å². The number of ether oxygens (including phenoxy) is 2. The zero-order valence-electron chi connectivity index (χ0n) is 10.1. The molecule has 0 unspecified atom stereocenters. The van der Waals surface area contributed by atoms with E-state index in [4.69, 9.17) is 15.2 Å². The Balaban J connectivity index is 2.92. The van der Waals surface area contributed by atoms with Gasteiger partial charge in [-0.2, -0.15) is 0 Å². The molecule has 3 N–H and O–H groups in total. The van der Waals surface area contributed by atoms with E-state index in [-0.39, 0.29) is 5.54 Å². The van der Waals surface area contributed by atoms with Crippen molar-refractivity contribution in [1.82, 2.24) is 9.97 Å². The molecule has 1 aromatic heterocycles. The van der Waals surface area contributed by atoms with Crippen LogP contribution in [-0.4, -0.2) is 36.3 Å². The minimum Gasteiger partial charge on any atom is -0.490 e. The van der Waals surface area contributed by atoms with Gasteiger partial charge in [0.2, 0.25) is 5.75 Å². The van der Waals surface area contributed by atoms with Crippen LogP contribution in [0.3, 0.4) is 0 Å². The lowest BCUT2D eigenvalue weighted by Gasteiger charge is -2.26. The summed E-state index contributed by atoms with van der Waals surface area (Å²) in [6, 6.07) is 0. The van der Waals surface area contributed by atoms with Gasteiger partial charge in [0.25, 0.3) is 0 Å². The van der Waals surface area contributed by atoms with Gasteiger partial charge in [0, 0.05) is 7.11 Å². The van der Waals surface area contributed by atoms with Crippen LogP contribution in [0, 0.1) is 0 Å². The maximum absolute atomic E-state index is 5.68. The topological polar surface area (TPSA) is 82.3 Å². The van der Waals surface area contributed by atoms with Crippen LogP contribution in [0.1, 0.15) is 13.8 Å². The van der Waals surface area contributed by atoms with Gasteiger partial charge in [0.15, 0.2) is 11.6 Å². The summed E-state index contributed by atoms with van der Waals surface area (Å²) in [5, 5.41) is 3.20. The Kier molecular flexibility index (Phi) is 3.89. The standard InChI is InChI=1S/C10H18N4O2/c1-10(2,5-15-3)14-9-7(16-4)8(11)12-6-13-9/h6H,5H2,1-4H3,(H3,11,12,13,14). The van der Waals surface area contributed by atoms with Crippen molar-refractivity contribution in [3.8, 4) is 5.75 Å².